The molecule has 1 heterocycles. The van der Waals surface area contributed by atoms with Crippen LogP contribution in [0.3, 0.4) is 0 Å². The van der Waals surface area contributed by atoms with E-state index in [0.717, 1.165) is 17.4 Å². The molecule has 3 nitrogen and oxygen atoms in total. The van der Waals surface area contributed by atoms with Crippen molar-refractivity contribution < 1.29 is 9.52 Å². The Balaban J connectivity index is 1.60. The maximum Gasteiger partial charge on any atom is 0.117 e. The third-order valence-electron chi connectivity index (χ3n) is 4.30. The number of nitrogens with one attached hydrogen (secondary N) is 1. The Bertz CT molecular complexity index is 564. The van der Waals surface area contributed by atoms with Gasteiger partial charge in [0.1, 0.15) is 11.5 Å². The number of benzene rings is 1. The van der Waals surface area contributed by atoms with Gasteiger partial charge >= 0.3 is 0 Å². The van der Waals surface area contributed by atoms with Crippen LogP contribution in [0.5, 0.6) is 0 Å². The molecular formula is C18H23NO2. The van der Waals surface area contributed by atoms with Gasteiger partial charge in [-0.25, -0.2) is 0 Å². The lowest BCUT2D eigenvalue weighted by molar-refractivity contribution is 0.263. The highest BCUT2D eigenvalue weighted by atomic mass is 16.3. The van der Waals surface area contributed by atoms with Gasteiger partial charge in [0.25, 0.3) is 0 Å². The maximum atomic E-state index is 9.25. The van der Waals surface area contributed by atoms with E-state index >= 15 is 0 Å². The first kappa shape index (κ1) is 14.4. The van der Waals surface area contributed by atoms with Crippen LogP contribution in [0.15, 0.2) is 46.9 Å². The largest absolute Gasteiger partial charge is 0.464 e. The highest BCUT2D eigenvalue weighted by Crippen LogP contribution is 2.47. The van der Waals surface area contributed by atoms with E-state index in [0.29, 0.717) is 18.9 Å². The fourth-order valence-corrected chi connectivity index (χ4v) is 2.83. The van der Waals surface area contributed by atoms with Gasteiger partial charge in [0.15, 0.2) is 0 Å². The van der Waals surface area contributed by atoms with Crippen molar-refractivity contribution in [2.45, 2.75) is 38.3 Å². The molecule has 2 aromatic rings. The summed E-state index contributed by atoms with van der Waals surface area (Å²) in [5.74, 6) is 3.49. The molecule has 3 atom stereocenters. The summed E-state index contributed by atoms with van der Waals surface area (Å²) >= 11 is 0. The minimum atomic E-state index is 0.157. The lowest BCUT2D eigenvalue weighted by Crippen LogP contribution is -2.21. The number of furan rings is 1. The van der Waals surface area contributed by atoms with E-state index in [1.165, 1.54) is 12.0 Å². The number of hydrogen-bond donors (Lipinski definition) is 2. The summed E-state index contributed by atoms with van der Waals surface area (Å²) in [6, 6.07) is 14.6. The second-order valence-corrected chi connectivity index (χ2v) is 5.98. The summed E-state index contributed by atoms with van der Waals surface area (Å²) in [5, 5.41) is 12.7. The van der Waals surface area contributed by atoms with Gasteiger partial charge in [-0.3, -0.25) is 0 Å². The fraction of sp³-hybridized carbons (Fsp3) is 0.444. The number of hydrogen-bond acceptors (Lipinski definition) is 3. The monoisotopic (exact) mass is 285 g/mol. The van der Waals surface area contributed by atoms with Gasteiger partial charge in [-0.05, 0) is 36.5 Å². The third-order valence-corrected chi connectivity index (χ3v) is 4.30. The van der Waals surface area contributed by atoms with E-state index in [9.17, 15) is 5.11 Å². The minimum Gasteiger partial charge on any atom is -0.464 e. The zero-order valence-corrected chi connectivity index (χ0v) is 12.5. The van der Waals surface area contributed by atoms with Crippen LogP contribution in [0.4, 0.5) is 0 Å². The molecule has 2 unspecified atom stereocenters. The van der Waals surface area contributed by atoms with Crippen LogP contribution < -0.4 is 5.32 Å². The molecule has 0 amide bonds. The zero-order valence-electron chi connectivity index (χ0n) is 12.5. The van der Waals surface area contributed by atoms with Gasteiger partial charge in [0.2, 0.25) is 0 Å². The Kier molecular flexibility index (Phi) is 4.42. The van der Waals surface area contributed by atoms with Crippen molar-refractivity contribution in [3.05, 3.63) is 59.5 Å². The second kappa shape index (κ2) is 6.46. The summed E-state index contributed by atoms with van der Waals surface area (Å²) in [6.45, 7) is 3.13. The van der Waals surface area contributed by atoms with Crippen molar-refractivity contribution in [1.82, 2.24) is 5.32 Å². The molecule has 3 rings (SSSR count). The van der Waals surface area contributed by atoms with Crippen LogP contribution in [-0.2, 0) is 6.54 Å². The molecule has 0 saturated heterocycles. The van der Waals surface area contributed by atoms with Crippen LogP contribution in [-0.4, -0.2) is 11.7 Å². The number of rotatable bonds is 7. The third kappa shape index (κ3) is 3.55. The summed E-state index contributed by atoms with van der Waals surface area (Å²) in [5.41, 5.74) is 1.20. The molecule has 0 spiro atoms. The first-order chi connectivity index (χ1) is 10.3. The van der Waals surface area contributed by atoms with Gasteiger partial charge < -0.3 is 14.8 Å². The van der Waals surface area contributed by atoms with Gasteiger partial charge in [-0.2, -0.15) is 0 Å². The molecule has 0 aliphatic heterocycles. The Morgan fingerprint density at radius 1 is 1.24 bits per heavy atom. The summed E-state index contributed by atoms with van der Waals surface area (Å²) in [4.78, 5) is 0. The van der Waals surface area contributed by atoms with Crippen molar-refractivity contribution in [2.75, 3.05) is 6.61 Å². The van der Waals surface area contributed by atoms with Crippen molar-refractivity contribution in [1.29, 1.82) is 0 Å². The Morgan fingerprint density at radius 2 is 2.00 bits per heavy atom. The molecule has 1 aromatic carbocycles. The fourth-order valence-electron chi connectivity index (χ4n) is 2.83. The highest BCUT2D eigenvalue weighted by molar-refractivity contribution is 5.20. The summed E-state index contributed by atoms with van der Waals surface area (Å²) in [7, 11) is 0. The smallest absolute Gasteiger partial charge is 0.117 e. The first-order valence-corrected chi connectivity index (χ1v) is 7.75. The molecule has 1 aromatic heterocycles. The van der Waals surface area contributed by atoms with E-state index in [4.69, 9.17) is 4.42 Å². The van der Waals surface area contributed by atoms with Crippen molar-refractivity contribution in [2.24, 2.45) is 5.92 Å². The standard InChI is InChI=1S/C18H23NO2/c1-13-11-16(13)18-8-7-15(21-18)12-19-17(9-10-20)14-5-3-2-4-6-14/h2-8,13,16-17,19-20H,9-12H2,1H3/t13?,16?,17-/m1/s1. The van der Waals surface area contributed by atoms with E-state index in [1.807, 2.05) is 18.2 Å². The topological polar surface area (TPSA) is 45.4 Å². The van der Waals surface area contributed by atoms with E-state index in [1.54, 1.807) is 0 Å². The molecule has 2 N–H and O–H groups in total. The minimum absolute atomic E-state index is 0.157. The maximum absolute atomic E-state index is 9.25. The van der Waals surface area contributed by atoms with Crippen LogP contribution in [0, 0.1) is 5.92 Å². The van der Waals surface area contributed by atoms with Crippen molar-refractivity contribution in [3.8, 4) is 0 Å². The van der Waals surface area contributed by atoms with Crippen molar-refractivity contribution in [3.63, 3.8) is 0 Å². The second-order valence-electron chi connectivity index (χ2n) is 5.98. The van der Waals surface area contributed by atoms with E-state index < -0.39 is 0 Å². The molecule has 3 heteroatoms. The molecule has 1 fully saturated rings. The van der Waals surface area contributed by atoms with Crippen LogP contribution >= 0.6 is 0 Å². The lowest BCUT2D eigenvalue weighted by atomic mass is 10.0. The molecule has 0 bridgehead atoms. The average Bonchev–Trinajstić information content (AvgIpc) is 3.06. The quantitative estimate of drug-likeness (QED) is 0.816. The first-order valence-electron chi connectivity index (χ1n) is 7.75. The number of aliphatic hydroxyl groups is 1. The molecule has 1 aliphatic rings. The molecule has 112 valence electrons. The molecule has 0 radical (unpaired) electrons. The summed E-state index contributed by atoms with van der Waals surface area (Å²) < 4.78 is 5.92. The van der Waals surface area contributed by atoms with Crippen LogP contribution in [0.25, 0.3) is 0 Å². The van der Waals surface area contributed by atoms with E-state index in [-0.39, 0.29) is 12.6 Å². The van der Waals surface area contributed by atoms with Crippen LogP contribution in [0.1, 0.15) is 48.8 Å². The SMILES string of the molecule is CC1CC1c1ccc(CN[C@H](CCO)c2ccccc2)o1. The lowest BCUT2D eigenvalue weighted by Gasteiger charge is -2.17. The van der Waals surface area contributed by atoms with E-state index in [2.05, 4.69) is 36.5 Å². The molecule has 1 aliphatic carbocycles. The summed E-state index contributed by atoms with van der Waals surface area (Å²) in [6.07, 6.45) is 1.95. The van der Waals surface area contributed by atoms with Gasteiger partial charge in [-0.15, -0.1) is 0 Å². The van der Waals surface area contributed by atoms with Crippen molar-refractivity contribution >= 4 is 0 Å². The molecule has 1 saturated carbocycles. The van der Waals surface area contributed by atoms with Gasteiger partial charge in [0, 0.05) is 18.6 Å². The highest BCUT2D eigenvalue weighted by Gasteiger charge is 2.36. The number of aliphatic hydroxyl groups excluding tert-OH is 1. The zero-order chi connectivity index (χ0) is 14.7. The Labute approximate surface area is 126 Å². The van der Waals surface area contributed by atoms with Crippen LogP contribution in [0.2, 0.25) is 0 Å². The molecular weight excluding hydrogens is 262 g/mol. The molecule has 21 heavy (non-hydrogen) atoms. The average molecular weight is 285 g/mol. The van der Waals surface area contributed by atoms with Gasteiger partial charge in [-0.1, -0.05) is 37.3 Å². The normalized spacial score (nSPS) is 22.2. The van der Waals surface area contributed by atoms with Gasteiger partial charge in [0.05, 0.1) is 6.54 Å². The predicted octanol–water partition coefficient (Wildman–Crippen LogP) is 3.62. The Hall–Kier alpha value is -1.58. The predicted molar refractivity (Wildman–Crippen MR) is 83.0 cm³/mol. The Morgan fingerprint density at radius 3 is 2.67 bits per heavy atom.